The lowest BCUT2D eigenvalue weighted by molar-refractivity contribution is 0.0384. The van der Waals surface area contributed by atoms with Crippen LogP contribution in [-0.4, -0.2) is 51.8 Å². The minimum atomic E-state index is -1.30. The number of pyridine rings is 3. The number of hydrogen-bond acceptors (Lipinski definition) is 6. The van der Waals surface area contributed by atoms with E-state index in [2.05, 4.69) is 20.3 Å². The van der Waals surface area contributed by atoms with E-state index in [1.165, 1.54) is 13.2 Å². The van der Waals surface area contributed by atoms with E-state index in [4.69, 9.17) is 4.74 Å². The normalized spacial score (nSPS) is 18.9. The summed E-state index contributed by atoms with van der Waals surface area (Å²) in [5, 5.41) is 2.50. The number of amides is 1. The number of likely N-dealkylation sites (tertiary alicyclic amines) is 1. The predicted octanol–water partition coefficient (Wildman–Crippen LogP) is 2.19. The number of ether oxygens (including phenoxy) is 1. The number of nitrogens with one attached hydrogen (secondary N) is 2. The molecule has 1 amide bonds. The van der Waals surface area contributed by atoms with Gasteiger partial charge in [0.25, 0.3) is 11.5 Å². The molecule has 1 aliphatic heterocycles. The first kappa shape index (κ1) is 20.9. The first-order chi connectivity index (χ1) is 15.0. The lowest BCUT2D eigenvalue weighted by atomic mass is 10.1. The summed E-state index contributed by atoms with van der Waals surface area (Å²) in [6.07, 6.45) is 2.37. The Kier molecular flexibility index (Phi) is 5.94. The number of H-pyrrole nitrogens is 1. The molecule has 4 heterocycles. The third kappa shape index (κ3) is 4.41. The van der Waals surface area contributed by atoms with E-state index in [0.29, 0.717) is 48.3 Å². The number of halogens is 1. The maximum Gasteiger partial charge on any atom is 0.269 e. The van der Waals surface area contributed by atoms with Crippen molar-refractivity contribution >= 4 is 16.9 Å². The Morgan fingerprint density at radius 1 is 1.32 bits per heavy atom. The number of aromatic amines is 1. The number of nitrogens with zero attached hydrogens (tertiary/aromatic N) is 3. The molecule has 1 unspecified atom stereocenters. The largest absolute Gasteiger partial charge is 0.484 e. The van der Waals surface area contributed by atoms with Gasteiger partial charge in [0, 0.05) is 38.3 Å². The number of carbonyl (C=O) groups excluding carboxylic acids is 1. The molecule has 1 aliphatic rings. The van der Waals surface area contributed by atoms with Crippen molar-refractivity contribution in [1.29, 1.82) is 0 Å². The Hall–Kier alpha value is -3.33. The van der Waals surface area contributed by atoms with Gasteiger partial charge in [0.1, 0.15) is 17.5 Å². The topological polar surface area (TPSA) is 100 Å². The zero-order chi connectivity index (χ0) is 22.0. The highest BCUT2D eigenvalue weighted by atomic mass is 19.1. The molecule has 8 nitrogen and oxygen atoms in total. The molecule has 2 N–H and O–H groups in total. The van der Waals surface area contributed by atoms with Crippen molar-refractivity contribution in [3.63, 3.8) is 0 Å². The summed E-state index contributed by atoms with van der Waals surface area (Å²) in [7, 11) is 1.53. The number of rotatable bonds is 6. The standard InChI is InChI=1S/C22H24FN5O3/c1-3-14-9-17-18(27-21(14)29)8-13(10-25-17)12-28-7-6-19(20(28)23)31-15-4-5-16(26-11-15)22(30)24-2/h4-5,8-11,19-20H,3,6-7,12H2,1-2H3,(H,24,30)(H,27,29)/t19-,20?/m1/s1. The van der Waals surface area contributed by atoms with Gasteiger partial charge < -0.3 is 15.0 Å². The van der Waals surface area contributed by atoms with Crippen LogP contribution in [-0.2, 0) is 13.0 Å². The molecule has 1 fully saturated rings. The van der Waals surface area contributed by atoms with Crippen molar-refractivity contribution in [2.45, 2.75) is 38.7 Å². The molecule has 162 valence electrons. The van der Waals surface area contributed by atoms with Crippen LogP contribution in [0.3, 0.4) is 0 Å². The van der Waals surface area contributed by atoms with Crippen LogP contribution in [0.4, 0.5) is 4.39 Å². The zero-order valence-electron chi connectivity index (χ0n) is 17.4. The number of fused-ring (bicyclic) bond motifs is 1. The molecule has 4 rings (SSSR count). The first-order valence-electron chi connectivity index (χ1n) is 10.2. The second-order valence-electron chi connectivity index (χ2n) is 7.50. The molecule has 9 heteroatoms. The zero-order valence-corrected chi connectivity index (χ0v) is 17.4. The van der Waals surface area contributed by atoms with Crippen LogP contribution < -0.4 is 15.6 Å². The van der Waals surface area contributed by atoms with Gasteiger partial charge in [-0.3, -0.25) is 19.5 Å². The second-order valence-corrected chi connectivity index (χ2v) is 7.50. The van der Waals surface area contributed by atoms with E-state index in [0.717, 1.165) is 5.56 Å². The van der Waals surface area contributed by atoms with Crippen molar-refractivity contribution in [1.82, 2.24) is 25.2 Å². The van der Waals surface area contributed by atoms with Crippen molar-refractivity contribution in [2.75, 3.05) is 13.6 Å². The maximum atomic E-state index is 15.0. The molecular weight excluding hydrogens is 401 g/mol. The van der Waals surface area contributed by atoms with Crippen LogP contribution in [0, 0.1) is 0 Å². The fourth-order valence-electron chi connectivity index (χ4n) is 3.71. The van der Waals surface area contributed by atoms with Crippen molar-refractivity contribution in [2.24, 2.45) is 0 Å². The number of alkyl halides is 1. The highest BCUT2D eigenvalue weighted by Gasteiger charge is 2.36. The number of aryl methyl sites for hydroxylation is 1. The van der Waals surface area contributed by atoms with Gasteiger partial charge in [-0.15, -0.1) is 0 Å². The summed E-state index contributed by atoms with van der Waals surface area (Å²) in [5.74, 6) is 0.122. The highest BCUT2D eigenvalue weighted by molar-refractivity contribution is 5.91. The van der Waals surface area contributed by atoms with Gasteiger partial charge in [-0.1, -0.05) is 6.92 Å². The number of carbonyl (C=O) groups is 1. The smallest absolute Gasteiger partial charge is 0.269 e. The molecule has 0 aliphatic carbocycles. The molecule has 0 saturated carbocycles. The summed E-state index contributed by atoms with van der Waals surface area (Å²) in [6.45, 7) is 2.80. The van der Waals surface area contributed by atoms with Gasteiger partial charge in [0.2, 0.25) is 0 Å². The molecule has 0 radical (unpaired) electrons. The van der Waals surface area contributed by atoms with E-state index in [-0.39, 0.29) is 17.2 Å². The first-order valence-corrected chi connectivity index (χ1v) is 10.2. The molecule has 31 heavy (non-hydrogen) atoms. The summed E-state index contributed by atoms with van der Waals surface area (Å²) in [5.41, 5.74) is 3.01. The minimum Gasteiger partial charge on any atom is -0.484 e. The molecule has 0 aromatic carbocycles. The van der Waals surface area contributed by atoms with E-state index >= 15 is 4.39 Å². The Bertz CT molecular complexity index is 1150. The highest BCUT2D eigenvalue weighted by Crippen LogP contribution is 2.26. The van der Waals surface area contributed by atoms with Crippen LogP contribution in [0.5, 0.6) is 5.75 Å². The monoisotopic (exact) mass is 425 g/mol. The molecule has 0 bridgehead atoms. The van der Waals surface area contributed by atoms with Gasteiger partial charge in [-0.2, -0.15) is 0 Å². The van der Waals surface area contributed by atoms with Gasteiger partial charge in [-0.25, -0.2) is 9.37 Å². The Morgan fingerprint density at radius 2 is 2.16 bits per heavy atom. The SMILES string of the molecule is CCc1cc2ncc(CN3CC[C@@H](Oc4ccc(C(=O)NC)nc4)C3F)cc2[nH]c1=O. The number of hydrogen-bond donors (Lipinski definition) is 2. The van der Waals surface area contributed by atoms with Gasteiger partial charge in [-0.05, 0) is 36.2 Å². The van der Waals surface area contributed by atoms with Crippen molar-refractivity contribution in [3.05, 3.63) is 63.8 Å². The molecular formula is C22H24FN5O3. The summed E-state index contributed by atoms with van der Waals surface area (Å²) >= 11 is 0. The molecule has 3 aromatic heterocycles. The molecule has 0 spiro atoms. The Balaban J connectivity index is 1.42. The average Bonchev–Trinajstić information content (AvgIpc) is 3.12. The van der Waals surface area contributed by atoms with E-state index < -0.39 is 12.4 Å². The minimum absolute atomic E-state index is 0.122. The summed E-state index contributed by atoms with van der Waals surface area (Å²) in [6, 6.07) is 6.78. The number of aromatic nitrogens is 3. The fraction of sp³-hybridized carbons (Fsp3) is 0.364. The van der Waals surface area contributed by atoms with Crippen LogP contribution in [0.25, 0.3) is 11.0 Å². The van der Waals surface area contributed by atoms with E-state index in [1.807, 2.05) is 13.0 Å². The lowest BCUT2D eigenvalue weighted by Crippen LogP contribution is -2.33. The molecule has 2 atom stereocenters. The third-order valence-corrected chi connectivity index (χ3v) is 5.43. The third-order valence-electron chi connectivity index (χ3n) is 5.43. The Labute approximate surface area is 178 Å². The van der Waals surface area contributed by atoms with Gasteiger partial charge in [0.15, 0.2) is 6.30 Å². The van der Waals surface area contributed by atoms with Crippen LogP contribution in [0.1, 0.15) is 35.0 Å². The van der Waals surface area contributed by atoms with Crippen molar-refractivity contribution < 1.29 is 13.9 Å². The molecule has 3 aromatic rings. The average molecular weight is 425 g/mol. The second kappa shape index (κ2) is 8.81. The van der Waals surface area contributed by atoms with Crippen LogP contribution >= 0.6 is 0 Å². The lowest BCUT2D eigenvalue weighted by Gasteiger charge is -2.21. The fourth-order valence-corrected chi connectivity index (χ4v) is 3.71. The van der Waals surface area contributed by atoms with E-state index in [9.17, 15) is 9.59 Å². The van der Waals surface area contributed by atoms with Gasteiger partial charge >= 0.3 is 0 Å². The van der Waals surface area contributed by atoms with Crippen LogP contribution in [0.2, 0.25) is 0 Å². The van der Waals surface area contributed by atoms with Crippen molar-refractivity contribution in [3.8, 4) is 5.75 Å². The molecule has 1 saturated heterocycles. The van der Waals surface area contributed by atoms with Gasteiger partial charge in [0.05, 0.1) is 17.2 Å². The van der Waals surface area contributed by atoms with Crippen LogP contribution in [0.15, 0.2) is 41.5 Å². The summed E-state index contributed by atoms with van der Waals surface area (Å²) in [4.78, 5) is 36.6. The Morgan fingerprint density at radius 3 is 2.87 bits per heavy atom. The maximum absolute atomic E-state index is 15.0. The quantitative estimate of drug-likeness (QED) is 0.588. The summed E-state index contributed by atoms with van der Waals surface area (Å²) < 4.78 is 20.8. The predicted molar refractivity (Wildman–Crippen MR) is 114 cm³/mol. The van der Waals surface area contributed by atoms with E-state index in [1.54, 1.807) is 29.3 Å².